The third kappa shape index (κ3) is 3.81. The third-order valence-corrected chi connectivity index (χ3v) is 6.15. The summed E-state index contributed by atoms with van der Waals surface area (Å²) in [5, 5.41) is 9.06. The van der Waals surface area contributed by atoms with E-state index in [0.717, 1.165) is 35.1 Å². The lowest BCUT2D eigenvalue weighted by atomic mass is 9.62. The summed E-state index contributed by atoms with van der Waals surface area (Å²) in [5.74, 6) is -0.652. The van der Waals surface area contributed by atoms with Crippen LogP contribution in [0.15, 0.2) is 30.3 Å². The minimum absolute atomic E-state index is 0.109. The van der Waals surface area contributed by atoms with Crippen molar-refractivity contribution in [3.05, 3.63) is 64.0 Å². The van der Waals surface area contributed by atoms with Crippen LogP contribution >= 0.6 is 0 Å². The Morgan fingerprint density at radius 2 is 1.69 bits per heavy atom. The van der Waals surface area contributed by atoms with Gasteiger partial charge in [0.05, 0.1) is 18.2 Å². The number of carboxylic acid groups (broad SMARTS) is 1. The van der Waals surface area contributed by atoms with E-state index in [-0.39, 0.29) is 22.2 Å². The van der Waals surface area contributed by atoms with Gasteiger partial charge in [0, 0.05) is 5.56 Å². The summed E-state index contributed by atoms with van der Waals surface area (Å²) < 4.78 is 21.1. The number of halogens is 1. The number of hydrogen-bond acceptors (Lipinski definition) is 2. The highest BCUT2D eigenvalue weighted by Gasteiger charge is 2.41. The van der Waals surface area contributed by atoms with Crippen LogP contribution in [0.5, 0.6) is 5.75 Å². The highest BCUT2D eigenvalue weighted by molar-refractivity contribution is 5.89. The van der Waals surface area contributed by atoms with Crippen molar-refractivity contribution < 1.29 is 19.0 Å². The van der Waals surface area contributed by atoms with Gasteiger partial charge >= 0.3 is 5.97 Å². The Morgan fingerprint density at radius 3 is 2.24 bits per heavy atom. The van der Waals surface area contributed by atoms with Gasteiger partial charge in [-0.2, -0.15) is 0 Å². The zero-order chi connectivity index (χ0) is 21.6. The van der Waals surface area contributed by atoms with Gasteiger partial charge in [0.25, 0.3) is 0 Å². The standard InChI is InChI=1S/C25H29FO3/c1-15(13-16-7-9-17(10-8-16)23(27)28)20-19(26)14-18-21(22(20)29-6)25(4,5)12-11-24(18,2)3/h7-10,13-14H,11-12H2,1-6H3,(H,27,28)/b15-13+. The van der Waals surface area contributed by atoms with Gasteiger partial charge in [-0.15, -0.1) is 0 Å². The lowest BCUT2D eigenvalue weighted by Gasteiger charge is -2.43. The molecule has 0 heterocycles. The Bertz CT molecular complexity index is 982. The number of rotatable bonds is 4. The van der Waals surface area contributed by atoms with Crippen molar-refractivity contribution in [2.75, 3.05) is 7.11 Å². The van der Waals surface area contributed by atoms with Gasteiger partial charge in [-0.3, -0.25) is 0 Å². The van der Waals surface area contributed by atoms with Crippen molar-refractivity contribution in [1.82, 2.24) is 0 Å². The molecule has 0 saturated carbocycles. The maximum Gasteiger partial charge on any atom is 0.335 e. The van der Waals surface area contributed by atoms with E-state index in [1.165, 1.54) is 0 Å². The molecule has 0 aromatic heterocycles. The lowest BCUT2D eigenvalue weighted by molar-refractivity contribution is 0.0697. The Hall–Kier alpha value is -2.62. The van der Waals surface area contributed by atoms with Crippen molar-refractivity contribution in [2.24, 2.45) is 0 Å². The SMILES string of the molecule is COc1c(/C(C)=C/c2ccc(C(=O)O)cc2)c(F)cc2c1C(C)(C)CCC2(C)C. The molecular weight excluding hydrogens is 367 g/mol. The second kappa shape index (κ2) is 7.33. The zero-order valence-corrected chi connectivity index (χ0v) is 18.0. The van der Waals surface area contributed by atoms with Crippen LogP contribution in [0, 0.1) is 5.82 Å². The first-order valence-electron chi connectivity index (χ1n) is 9.91. The predicted octanol–water partition coefficient (Wildman–Crippen LogP) is 6.44. The fourth-order valence-corrected chi connectivity index (χ4v) is 4.33. The molecule has 0 aliphatic heterocycles. The van der Waals surface area contributed by atoms with Crippen LogP contribution in [0.4, 0.5) is 4.39 Å². The summed E-state index contributed by atoms with van der Waals surface area (Å²) in [6.07, 6.45) is 3.87. The Kier molecular flexibility index (Phi) is 5.33. The van der Waals surface area contributed by atoms with Gasteiger partial charge in [0.15, 0.2) is 0 Å². The smallest absolute Gasteiger partial charge is 0.335 e. The zero-order valence-electron chi connectivity index (χ0n) is 18.0. The molecule has 3 rings (SSSR count). The number of allylic oxidation sites excluding steroid dienone is 1. The molecule has 1 aliphatic rings. The highest BCUT2D eigenvalue weighted by Crippen LogP contribution is 2.52. The number of carbonyl (C=O) groups is 1. The number of benzene rings is 2. The molecule has 0 atom stereocenters. The van der Waals surface area contributed by atoms with E-state index in [1.54, 1.807) is 37.4 Å². The third-order valence-electron chi connectivity index (χ3n) is 6.15. The van der Waals surface area contributed by atoms with Gasteiger partial charge in [0.1, 0.15) is 11.6 Å². The van der Waals surface area contributed by atoms with Crippen molar-refractivity contribution in [3.8, 4) is 5.75 Å². The van der Waals surface area contributed by atoms with E-state index >= 15 is 4.39 Å². The molecule has 1 aliphatic carbocycles. The van der Waals surface area contributed by atoms with Gasteiger partial charge < -0.3 is 9.84 Å². The minimum atomic E-state index is -0.968. The monoisotopic (exact) mass is 396 g/mol. The van der Waals surface area contributed by atoms with E-state index in [1.807, 2.05) is 13.0 Å². The van der Waals surface area contributed by atoms with Gasteiger partial charge in [0.2, 0.25) is 0 Å². The molecular formula is C25H29FO3. The average Bonchev–Trinajstić information content (AvgIpc) is 2.64. The maximum absolute atomic E-state index is 15.3. The van der Waals surface area contributed by atoms with Crippen molar-refractivity contribution in [3.63, 3.8) is 0 Å². The van der Waals surface area contributed by atoms with Crippen molar-refractivity contribution in [1.29, 1.82) is 0 Å². The lowest BCUT2D eigenvalue weighted by Crippen LogP contribution is -2.34. The van der Waals surface area contributed by atoms with Crippen LogP contribution in [-0.4, -0.2) is 18.2 Å². The summed E-state index contributed by atoms with van der Waals surface area (Å²) in [6.45, 7) is 10.6. The van der Waals surface area contributed by atoms with Crippen LogP contribution in [0.1, 0.15) is 80.1 Å². The molecule has 154 valence electrons. The van der Waals surface area contributed by atoms with E-state index in [4.69, 9.17) is 9.84 Å². The number of hydrogen-bond donors (Lipinski definition) is 1. The second-order valence-electron chi connectivity index (χ2n) is 9.21. The number of ether oxygens (including phenoxy) is 1. The molecule has 2 aromatic carbocycles. The molecule has 2 aromatic rings. The molecule has 1 N–H and O–H groups in total. The second-order valence-corrected chi connectivity index (χ2v) is 9.21. The molecule has 3 nitrogen and oxygen atoms in total. The van der Waals surface area contributed by atoms with Gasteiger partial charge in [-0.25, -0.2) is 9.18 Å². The van der Waals surface area contributed by atoms with E-state index in [9.17, 15) is 4.79 Å². The molecule has 0 radical (unpaired) electrons. The van der Waals surface area contributed by atoms with E-state index < -0.39 is 5.97 Å². The van der Waals surface area contributed by atoms with Crippen molar-refractivity contribution >= 4 is 17.6 Å². The van der Waals surface area contributed by atoms with Gasteiger partial charge in [-0.05, 0) is 65.5 Å². The fourth-order valence-electron chi connectivity index (χ4n) is 4.33. The van der Waals surface area contributed by atoms with Gasteiger partial charge in [-0.1, -0.05) is 45.9 Å². The summed E-state index contributed by atoms with van der Waals surface area (Å²) in [7, 11) is 1.60. The molecule has 0 saturated heterocycles. The maximum atomic E-state index is 15.3. The number of methoxy groups -OCH3 is 1. The molecule has 0 fully saturated rings. The number of carboxylic acids is 1. The average molecular weight is 397 g/mol. The topological polar surface area (TPSA) is 46.5 Å². The van der Waals surface area contributed by atoms with Crippen LogP contribution in [-0.2, 0) is 10.8 Å². The van der Waals surface area contributed by atoms with Crippen LogP contribution < -0.4 is 4.74 Å². The quantitative estimate of drug-likeness (QED) is 0.605. The number of aromatic carboxylic acids is 1. The van der Waals surface area contributed by atoms with Crippen LogP contribution in [0.2, 0.25) is 0 Å². The van der Waals surface area contributed by atoms with E-state index in [0.29, 0.717) is 11.3 Å². The summed E-state index contributed by atoms with van der Waals surface area (Å²) >= 11 is 0. The largest absolute Gasteiger partial charge is 0.496 e. The Labute approximate surface area is 172 Å². The van der Waals surface area contributed by atoms with E-state index in [2.05, 4.69) is 27.7 Å². The first kappa shape index (κ1) is 21.1. The molecule has 0 amide bonds. The Morgan fingerprint density at radius 1 is 1.10 bits per heavy atom. The molecule has 4 heteroatoms. The molecule has 0 unspecified atom stereocenters. The van der Waals surface area contributed by atoms with Crippen molar-refractivity contribution in [2.45, 2.75) is 58.3 Å². The first-order chi connectivity index (χ1) is 13.5. The minimum Gasteiger partial charge on any atom is -0.496 e. The summed E-state index contributed by atoms with van der Waals surface area (Å²) in [4.78, 5) is 11.1. The number of fused-ring (bicyclic) bond motifs is 1. The summed E-state index contributed by atoms with van der Waals surface area (Å²) in [6, 6.07) is 8.23. The molecule has 0 spiro atoms. The Balaban J connectivity index is 2.18. The normalized spacial score (nSPS) is 17.6. The first-order valence-corrected chi connectivity index (χ1v) is 9.91. The fraction of sp³-hybridized carbons (Fsp3) is 0.400. The van der Waals surface area contributed by atoms with Crippen LogP contribution in [0.25, 0.3) is 11.6 Å². The van der Waals surface area contributed by atoms with Crippen LogP contribution in [0.3, 0.4) is 0 Å². The predicted molar refractivity (Wildman–Crippen MR) is 115 cm³/mol. The summed E-state index contributed by atoms with van der Waals surface area (Å²) in [5.41, 5.74) is 4.13. The molecule has 0 bridgehead atoms. The molecule has 29 heavy (non-hydrogen) atoms. The highest BCUT2D eigenvalue weighted by atomic mass is 19.1.